The SMILES string of the molecule is C=CC(=O)OC(c1ccccc1)(c1ccccc1)C(O)COCC(O)C(OC(=O)C=C)(c1ccccc1)c1ccccc1. The van der Waals surface area contributed by atoms with E-state index in [-0.39, 0.29) is 13.2 Å². The molecule has 0 saturated heterocycles. The standard InChI is InChI=1S/C36H34O7/c1-3-33(39)42-35(27-17-9-5-10-18-27,28-19-11-6-12-20-28)31(37)25-41-26-32(38)36(43-34(40)4-2,29-21-13-7-14-22-29)30-23-15-8-16-24-30/h3-24,31-32,37-38H,1-2,25-26H2. The molecule has 0 bridgehead atoms. The highest BCUT2D eigenvalue weighted by Crippen LogP contribution is 2.40. The zero-order valence-corrected chi connectivity index (χ0v) is 23.6. The van der Waals surface area contributed by atoms with E-state index in [0.717, 1.165) is 12.2 Å². The maximum Gasteiger partial charge on any atom is 0.331 e. The molecule has 7 heteroatoms. The van der Waals surface area contributed by atoms with E-state index in [1.807, 2.05) is 24.3 Å². The van der Waals surface area contributed by atoms with E-state index in [2.05, 4.69) is 13.2 Å². The van der Waals surface area contributed by atoms with Crippen molar-refractivity contribution in [3.8, 4) is 0 Å². The van der Waals surface area contributed by atoms with Crippen molar-refractivity contribution in [2.75, 3.05) is 13.2 Å². The summed E-state index contributed by atoms with van der Waals surface area (Å²) in [6.07, 6.45) is -0.793. The van der Waals surface area contributed by atoms with Gasteiger partial charge in [-0.2, -0.15) is 0 Å². The fraction of sp³-hybridized carbons (Fsp3) is 0.167. The van der Waals surface area contributed by atoms with E-state index in [4.69, 9.17) is 14.2 Å². The second kappa shape index (κ2) is 14.4. The molecule has 0 fully saturated rings. The normalized spacial score (nSPS) is 12.9. The molecule has 0 aliphatic carbocycles. The Kier molecular flexibility index (Phi) is 10.4. The number of hydrogen-bond acceptors (Lipinski definition) is 7. The van der Waals surface area contributed by atoms with Crippen molar-refractivity contribution in [2.24, 2.45) is 0 Å². The third kappa shape index (κ3) is 6.65. The van der Waals surface area contributed by atoms with E-state index >= 15 is 0 Å². The fourth-order valence-electron chi connectivity index (χ4n) is 5.14. The van der Waals surface area contributed by atoms with Crippen LogP contribution in [0.25, 0.3) is 0 Å². The maximum atomic E-state index is 12.6. The highest BCUT2D eigenvalue weighted by atomic mass is 16.6. The summed E-state index contributed by atoms with van der Waals surface area (Å²) in [5.41, 5.74) is -1.29. The highest BCUT2D eigenvalue weighted by Gasteiger charge is 2.47. The Morgan fingerprint density at radius 2 is 0.814 bits per heavy atom. The maximum absolute atomic E-state index is 12.6. The lowest BCUT2D eigenvalue weighted by molar-refractivity contribution is -0.175. The first-order valence-electron chi connectivity index (χ1n) is 13.7. The predicted molar refractivity (Wildman–Crippen MR) is 163 cm³/mol. The summed E-state index contributed by atoms with van der Waals surface area (Å²) in [6.45, 7) is 6.32. The highest BCUT2D eigenvalue weighted by molar-refractivity contribution is 5.82. The monoisotopic (exact) mass is 578 g/mol. The van der Waals surface area contributed by atoms with Crippen LogP contribution in [0.4, 0.5) is 0 Å². The van der Waals surface area contributed by atoms with Crippen LogP contribution in [0.1, 0.15) is 22.3 Å². The van der Waals surface area contributed by atoms with E-state index in [1.165, 1.54) is 0 Å². The van der Waals surface area contributed by atoms with Gasteiger partial charge in [0.2, 0.25) is 0 Å². The first-order valence-corrected chi connectivity index (χ1v) is 13.7. The molecule has 0 aromatic heterocycles. The number of aliphatic hydroxyl groups is 2. The molecule has 7 nitrogen and oxygen atoms in total. The molecule has 220 valence electrons. The Morgan fingerprint density at radius 3 is 1.05 bits per heavy atom. The minimum Gasteiger partial charge on any atom is -0.443 e. The van der Waals surface area contributed by atoms with Gasteiger partial charge in [-0.1, -0.05) is 134 Å². The van der Waals surface area contributed by atoms with Gasteiger partial charge in [0.1, 0.15) is 12.2 Å². The zero-order valence-electron chi connectivity index (χ0n) is 23.6. The van der Waals surface area contributed by atoms with Crippen LogP contribution in [0, 0.1) is 0 Å². The third-order valence-corrected chi connectivity index (χ3v) is 7.16. The number of benzene rings is 4. The Balaban J connectivity index is 1.70. The lowest BCUT2D eigenvalue weighted by Gasteiger charge is -2.39. The first-order chi connectivity index (χ1) is 20.9. The van der Waals surface area contributed by atoms with Crippen molar-refractivity contribution in [2.45, 2.75) is 23.4 Å². The van der Waals surface area contributed by atoms with Crippen LogP contribution >= 0.6 is 0 Å². The van der Waals surface area contributed by atoms with Crippen LogP contribution in [0.5, 0.6) is 0 Å². The van der Waals surface area contributed by atoms with E-state index in [9.17, 15) is 19.8 Å². The largest absolute Gasteiger partial charge is 0.443 e. The average Bonchev–Trinajstić information content (AvgIpc) is 3.07. The van der Waals surface area contributed by atoms with Crippen LogP contribution in [0.15, 0.2) is 147 Å². The molecule has 4 rings (SSSR count). The summed E-state index contributed by atoms with van der Waals surface area (Å²) in [4.78, 5) is 25.3. The van der Waals surface area contributed by atoms with Crippen molar-refractivity contribution < 1.29 is 34.0 Å². The first kappa shape index (κ1) is 31.1. The molecule has 43 heavy (non-hydrogen) atoms. The van der Waals surface area contributed by atoms with Crippen LogP contribution in [-0.4, -0.2) is 47.6 Å². The van der Waals surface area contributed by atoms with Crippen molar-refractivity contribution in [1.82, 2.24) is 0 Å². The molecule has 0 spiro atoms. The number of carbonyl (C=O) groups is 2. The Hall–Kier alpha value is -4.82. The summed E-state index contributed by atoms with van der Waals surface area (Å²) >= 11 is 0. The summed E-state index contributed by atoms with van der Waals surface area (Å²) in [5, 5.41) is 23.5. The van der Waals surface area contributed by atoms with Crippen LogP contribution in [0.2, 0.25) is 0 Å². The predicted octanol–water partition coefficient (Wildman–Crippen LogP) is 5.07. The molecular formula is C36H34O7. The van der Waals surface area contributed by atoms with Gasteiger partial charge >= 0.3 is 11.9 Å². The quantitative estimate of drug-likeness (QED) is 0.159. The molecule has 0 aliphatic heterocycles. The summed E-state index contributed by atoms with van der Waals surface area (Å²) in [6, 6.07) is 35.4. The summed E-state index contributed by atoms with van der Waals surface area (Å²) in [7, 11) is 0. The van der Waals surface area contributed by atoms with Gasteiger partial charge in [0, 0.05) is 34.4 Å². The van der Waals surface area contributed by atoms with Crippen molar-refractivity contribution >= 4 is 11.9 Å². The molecular weight excluding hydrogens is 544 g/mol. The second-order valence-electron chi connectivity index (χ2n) is 9.75. The molecule has 2 unspecified atom stereocenters. The van der Waals surface area contributed by atoms with Crippen LogP contribution < -0.4 is 0 Å². The van der Waals surface area contributed by atoms with Gasteiger partial charge in [-0.05, 0) is 0 Å². The molecule has 0 saturated carbocycles. The minimum absolute atomic E-state index is 0.361. The van der Waals surface area contributed by atoms with Gasteiger partial charge in [0.05, 0.1) is 13.2 Å². The molecule has 0 heterocycles. The Bertz CT molecular complexity index is 1290. The number of aliphatic hydroxyl groups excluding tert-OH is 2. The number of hydrogen-bond donors (Lipinski definition) is 2. The van der Waals surface area contributed by atoms with E-state index < -0.39 is 35.3 Å². The smallest absolute Gasteiger partial charge is 0.331 e. The van der Waals surface area contributed by atoms with E-state index in [1.54, 1.807) is 97.1 Å². The zero-order chi connectivity index (χ0) is 30.7. The Labute approximate surface area is 251 Å². The van der Waals surface area contributed by atoms with Crippen LogP contribution in [0.3, 0.4) is 0 Å². The molecule has 2 N–H and O–H groups in total. The van der Waals surface area contributed by atoms with Gasteiger partial charge in [-0.25, -0.2) is 9.59 Å². The summed E-state index contributed by atoms with van der Waals surface area (Å²) < 4.78 is 17.8. The van der Waals surface area contributed by atoms with Crippen LogP contribution in [-0.2, 0) is 35.0 Å². The van der Waals surface area contributed by atoms with Gasteiger partial charge < -0.3 is 24.4 Å². The topological polar surface area (TPSA) is 102 Å². The van der Waals surface area contributed by atoms with E-state index in [0.29, 0.717) is 22.3 Å². The molecule has 0 aliphatic rings. The molecule has 4 aromatic carbocycles. The summed E-state index contributed by atoms with van der Waals surface area (Å²) in [5.74, 6) is -1.48. The average molecular weight is 579 g/mol. The minimum atomic E-state index is -1.66. The molecule has 0 radical (unpaired) electrons. The number of ether oxygens (including phenoxy) is 3. The van der Waals surface area contributed by atoms with Gasteiger partial charge in [-0.3, -0.25) is 0 Å². The second-order valence-corrected chi connectivity index (χ2v) is 9.75. The van der Waals surface area contributed by atoms with Crippen molar-refractivity contribution in [3.05, 3.63) is 169 Å². The lowest BCUT2D eigenvalue weighted by Crippen LogP contribution is -2.49. The van der Waals surface area contributed by atoms with Gasteiger partial charge in [0.25, 0.3) is 0 Å². The van der Waals surface area contributed by atoms with Gasteiger partial charge in [0.15, 0.2) is 11.2 Å². The van der Waals surface area contributed by atoms with Crippen molar-refractivity contribution in [3.63, 3.8) is 0 Å². The fourth-order valence-corrected chi connectivity index (χ4v) is 5.14. The molecule has 0 amide bonds. The Morgan fingerprint density at radius 1 is 0.558 bits per heavy atom. The number of esters is 2. The van der Waals surface area contributed by atoms with Gasteiger partial charge in [-0.15, -0.1) is 0 Å². The lowest BCUT2D eigenvalue weighted by atomic mass is 9.81. The van der Waals surface area contributed by atoms with Crippen molar-refractivity contribution in [1.29, 1.82) is 0 Å². The molecule has 2 atom stereocenters. The number of rotatable bonds is 14. The molecule has 4 aromatic rings. The number of carbonyl (C=O) groups excluding carboxylic acids is 2. The third-order valence-electron chi connectivity index (χ3n) is 7.16.